The quantitative estimate of drug-likeness (QED) is 0.627. The first-order valence-electron chi connectivity index (χ1n) is 9.70. The van der Waals surface area contributed by atoms with Crippen molar-refractivity contribution in [1.29, 1.82) is 0 Å². The molecule has 2 amide bonds. The maximum atomic E-state index is 12.5. The van der Waals surface area contributed by atoms with E-state index in [1.54, 1.807) is 6.07 Å². The van der Waals surface area contributed by atoms with E-state index < -0.39 is 0 Å². The third-order valence-corrected chi connectivity index (χ3v) is 7.16. The summed E-state index contributed by atoms with van der Waals surface area (Å²) >= 11 is 8.77. The number of hydrogen-bond donors (Lipinski definition) is 0. The Morgan fingerprint density at radius 3 is 2.97 bits per heavy atom. The van der Waals surface area contributed by atoms with E-state index in [4.69, 9.17) is 18.0 Å². The molecule has 2 heterocycles. The number of carbonyl (C=O) groups is 2. The Labute approximate surface area is 184 Å². The highest BCUT2D eigenvalue weighted by Crippen LogP contribution is 2.22. The maximum Gasteiger partial charge on any atom is 0.258 e. The van der Waals surface area contributed by atoms with Crippen LogP contribution in [0.25, 0.3) is 10.2 Å². The first-order chi connectivity index (χ1) is 14.0. The van der Waals surface area contributed by atoms with Gasteiger partial charge in [-0.25, -0.2) is 0 Å². The van der Waals surface area contributed by atoms with Gasteiger partial charge in [-0.3, -0.25) is 9.59 Å². The molecule has 1 aromatic carbocycles. The Morgan fingerprint density at radius 1 is 1.38 bits per heavy atom. The summed E-state index contributed by atoms with van der Waals surface area (Å²) in [5.41, 5.74) is 0.905. The monoisotopic (exact) mass is 449 g/mol. The lowest BCUT2D eigenvalue weighted by atomic mass is 10.0. The van der Waals surface area contributed by atoms with Crippen molar-refractivity contribution in [3.63, 3.8) is 0 Å². The van der Waals surface area contributed by atoms with Crippen LogP contribution in [0.2, 0.25) is 5.02 Å². The molecule has 5 nitrogen and oxygen atoms in total. The lowest BCUT2D eigenvalue weighted by Gasteiger charge is -2.35. The van der Waals surface area contributed by atoms with Crippen LogP contribution in [0.1, 0.15) is 32.6 Å². The number of halogens is 1. The molecule has 2 aromatic rings. The van der Waals surface area contributed by atoms with E-state index in [2.05, 4.69) is 17.8 Å². The predicted molar refractivity (Wildman–Crippen MR) is 121 cm³/mol. The van der Waals surface area contributed by atoms with Crippen molar-refractivity contribution in [3.8, 4) is 12.3 Å². The molecule has 0 saturated carbocycles. The minimum absolute atomic E-state index is 0.119. The van der Waals surface area contributed by atoms with Crippen molar-refractivity contribution in [2.75, 3.05) is 18.1 Å². The van der Waals surface area contributed by atoms with Crippen LogP contribution in [0.4, 0.5) is 0 Å². The number of piperidine rings is 1. The molecule has 8 heteroatoms. The van der Waals surface area contributed by atoms with Crippen LogP contribution >= 0.6 is 34.7 Å². The largest absolute Gasteiger partial charge is 0.339 e. The molecule has 1 aliphatic heterocycles. The van der Waals surface area contributed by atoms with Crippen LogP contribution < -0.4 is 4.80 Å². The number of likely N-dealkylation sites (tertiary alicyclic amines) is 1. The van der Waals surface area contributed by atoms with Crippen molar-refractivity contribution in [2.24, 2.45) is 4.99 Å². The number of nitrogens with zero attached hydrogens (tertiary/aromatic N) is 3. The zero-order valence-corrected chi connectivity index (χ0v) is 18.8. The number of terminal acetylenes is 1. The van der Waals surface area contributed by atoms with E-state index in [0.717, 1.165) is 36.0 Å². The van der Waals surface area contributed by atoms with Crippen LogP contribution in [-0.4, -0.2) is 45.4 Å². The van der Waals surface area contributed by atoms with Crippen molar-refractivity contribution in [3.05, 3.63) is 28.0 Å². The van der Waals surface area contributed by atoms with Gasteiger partial charge in [-0.2, -0.15) is 4.99 Å². The van der Waals surface area contributed by atoms with Gasteiger partial charge in [-0.1, -0.05) is 35.8 Å². The van der Waals surface area contributed by atoms with E-state index in [1.807, 2.05) is 21.6 Å². The second kappa shape index (κ2) is 10.3. The van der Waals surface area contributed by atoms with E-state index >= 15 is 0 Å². The molecule has 0 spiro atoms. The predicted octanol–water partition coefficient (Wildman–Crippen LogP) is 3.94. The molecule has 1 aliphatic rings. The average Bonchev–Trinajstić information content (AvgIpc) is 3.04. The maximum absolute atomic E-state index is 12.5. The first-order valence-corrected chi connectivity index (χ1v) is 12.1. The number of rotatable bonds is 6. The van der Waals surface area contributed by atoms with Gasteiger partial charge in [0.1, 0.15) is 0 Å². The summed E-state index contributed by atoms with van der Waals surface area (Å²) in [7, 11) is 0. The van der Waals surface area contributed by atoms with Gasteiger partial charge in [0.2, 0.25) is 5.91 Å². The topological polar surface area (TPSA) is 54.7 Å². The Bertz CT molecular complexity index is 1010. The van der Waals surface area contributed by atoms with Crippen LogP contribution in [-0.2, 0) is 16.1 Å². The average molecular weight is 450 g/mol. The standard InChI is InChI=1S/C21H24ClN3O2S2/c1-3-10-25-17-9-8-15(22)12-18(17)29-21(25)23-19(26)13-28-14-20(27)24-11-6-5-7-16(24)4-2/h1,8-9,12,16H,4-7,10-11,13-14H2,2H3. The highest BCUT2D eigenvalue weighted by molar-refractivity contribution is 8.00. The fourth-order valence-corrected chi connectivity index (χ4v) is 5.58. The molecule has 154 valence electrons. The Morgan fingerprint density at radius 2 is 2.21 bits per heavy atom. The molecule has 1 aromatic heterocycles. The van der Waals surface area contributed by atoms with Crippen molar-refractivity contribution >= 4 is 56.7 Å². The summed E-state index contributed by atoms with van der Waals surface area (Å²) in [4.78, 5) is 31.7. The fourth-order valence-electron chi connectivity index (χ4n) is 3.58. The molecule has 0 N–H and O–H groups in total. The number of aromatic nitrogens is 1. The van der Waals surface area contributed by atoms with Crippen LogP contribution in [0.5, 0.6) is 0 Å². The zero-order chi connectivity index (χ0) is 20.8. The van der Waals surface area contributed by atoms with Gasteiger partial charge in [-0.15, -0.1) is 18.2 Å². The molecule has 0 aliphatic carbocycles. The van der Waals surface area contributed by atoms with E-state index in [-0.39, 0.29) is 17.6 Å². The lowest BCUT2D eigenvalue weighted by Crippen LogP contribution is -2.44. The van der Waals surface area contributed by atoms with Crippen molar-refractivity contribution < 1.29 is 9.59 Å². The summed E-state index contributed by atoms with van der Waals surface area (Å²) in [5, 5.41) is 0.627. The summed E-state index contributed by atoms with van der Waals surface area (Å²) in [6.45, 7) is 3.27. The molecule has 1 fully saturated rings. The normalized spacial score (nSPS) is 17.5. The highest BCUT2D eigenvalue weighted by Gasteiger charge is 2.25. The number of amides is 2. The molecule has 3 rings (SSSR count). The fraction of sp³-hybridized carbons (Fsp3) is 0.476. The number of carbonyl (C=O) groups excluding carboxylic acids is 2. The SMILES string of the molecule is C#CCn1c(=NC(=O)CSCC(=O)N2CCCCC2CC)sc2cc(Cl)ccc21. The Balaban J connectivity index is 1.65. The van der Waals surface area contributed by atoms with Crippen LogP contribution in [0, 0.1) is 12.3 Å². The molecule has 1 saturated heterocycles. The molecule has 0 radical (unpaired) electrons. The highest BCUT2D eigenvalue weighted by atomic mass is 35.5. The number of benzene rings is 1. The first kappa shape index (κ1) is 21.9. The summed E-state index contributed by atoms with van der Waals surface area (Å²) in [5.74, 6) is 2.93. The van der Waals surface area contributed by atoms with Crippen molar-refractivity contribution in [2.45, 2.75) is 45.2 Å². The number of thiazole rings is 1. The molecule has 29 heavy (non-hydrogen) atoms. The zero-order valence-electron chi connectivity index (χ0n) is 16.4. The minimum Gasteiger partial charge on any atom is -0.339 e. The molecular weight excluding hydrogens is 426 g/mol. The summed E-state index contributed by atoms with van der Waals surface area (Å²) in [6, 6.07) is 5.85. The van der Waals surface area contributed by atoms with Gasteiger partial charge in [0.05, 0.1) is 28.3 Å². The molecule has 0 bridgehead atoms. The van der Waals surface area contributed by atoms with Gasteiger partial charge in [-0.05, 0) is 43.9 Å². The third kappa shape index (κ3) is 5.44. The van der Waals surface area contributed by atoms with Crippen LogP contribution in [0.15, 0.2) is 23.2 Å². The van der Waals surface area contributed by atoms with Gasteiger partial charge < -0.3 is 9.47 Å². The smallest absolute Gasteiger partial charge is 0.258 e. The Kier molecular flexibility index (Phi) is 7.82. The van der Waals surface area contributed by atoms with Crippen molar-refractivity contribution in [1.82, 2.24) is 9.47 Å². The summed E-state index contributed by atoms with van der Waals surface area (Å²) in [6.07, 6.45) is 9.79. The van der Waals surface area contributed by atoms with Crippen LogP contribution in [0.3, 0.4) is 0 Å². The Hall–Kier alpha value is -1.75. The minimum atomic E-state index is -0.267. The molecule has 1 unspecified atom stereocenters. The summed E-state index contributed by atoms with van der Waals surface area (Å²) < 4.78 is 2.77. The third-order valence-electron chi connectivity index (χ3n) is 4.98. The van der Waals surface area contributed by atoms with E-state index in [9.17, 15) is 9.59 Å². The van der Waals surface area contributed by atoms with Gasteiger partial charge in [0.15, 0.2) is 4.80 Å². The van der Waals surface area contributed by atoms with E-state index in [0.29, 0.717) is 28.2 Å². The second-order valence-corrected chi connectivity index (χ2v) is 9.36. The lowest BCUT2D eigenvalue weighted by molar-refractivity contribution is -0.132. The molecule has 1 atom stereocenters. The number of fused-ring (bicyclic) bond motifs is 1. The number of thioether (sulfide) groups is 1. The van der Waals surface area contributed by atoms with Gasteiger partial charge >= 0.3 is 0 Å². The molecular formula is C21H24ClN3O2S2. The number of hydrogen-bond acceptors (Lipinski definition) is 4. The van der Waals surface area contributed by atoms with Gasteiger partial charge in [0, 0.05) is 17.6 Å². The van der Waals surface area contributed by atoms with Gasteiger partial charge in [0.25, 0.3) is 5.91 Å². The second-order valence-electron chi connectivity index (χ2n) is 6.93. The van der Waals surface area contributed by atoms with E-state index in [1.165, 1.54) is 29.5 Å².